The van der Waals surface area contributed by atoms with E-state index in [4.69, 9.17) is 9.47 Å². The second-order valence-electron chi connectivity index (χ2n) is 7.59. The van der Waals surface area contributed by atoms with Crippen LogP contribution in [0.4, 0.5) is 4.79 Å². The number of carbonyl (C=O) groups excluding carboxylic acids is 1. The zero-order valence-corrected chi connectivity index (χ0v) is 14.1. The van der Waals surface area contributed by atoms with Crippen LogP contribution in [-0.4, -0.2) is 54.5 Å². The number of nitrogens with one attached hydrogen (secondary N) is 1. The van der Waals surface area contributed by atoms with E-state index in [1.807, 2.05) is 25.7 Å². The van der Waals surface area contributed by atoms with Crippen molar-refractivity contribution in [1.82, 2.24) is 10.2 Å². The summed E-state index contributed by atoms with van der Waals surface area (Å²) in [7, 11) is 0. The molecule has 1 spiro atoms. The third-order valence-corrected chi connectivity index (χ3v) is 4.23. The summed E-state index contributed by atoms with van der Waals surface area (Å²) in [5.41, 5.74) is -0.716. The molecule has 0 aliphatic carbocycles. The van der Waals surface area contributed by atoms with Crippen molar-refractivity contribution in [1.29, 1.82) is 0 Å². The second kappa shape index (κ2) is 6.13. The quantitative estimate of drug-likeness (QED) is 0.807. The van der Waals surface area contributed by atoms with Gasteiger partial charge in [-0.25, -0.2) is 4.79 Å². The Balaban J connectivity index is 2.09. The molecule has 2 fully saturated rings. The second-order valence-corrected chi connectivity index (χ2v) is 7.59. The summed E-state index contributed by atoms with van der Waals surface area (Å²) in [5, 5.41) is 3.58. The van der Waals surface area contributed by atoms with Crippen LogP contribution in [0.1, 0.15) is 47.5 Å². The van der Waals surface area contributed by atoms with E-state index in [-0.39, 0.29) is 17.7 Å². The van der Waals surface area contributed by atoms with Gasteiger partial charge >= 0.3 is 6.09 Å². The molecule has 1 N–H and O–H groups in total. The maximum absolute atomic E-state index is 12.3. The minimum Gasteiger partial charge on any atom is -0.444 e. The predicted molar refractivity (Wildman–Crippen MR) is 82.4 cm³/mol. The molecule has 0 aromatic rings. The molecule has 21 heavy (non-hydrogen) atoms. The lowest BCUT2D eigenvalue weighted by Gasteiger charge is -2.51. The van der Waals surface area contributed by atoms with Crippen LogP contribution in [0.5, 0.6) is 0 Å². The average Bonchev–Trinajstić information content (AvgIpc) is 2.37. The normalized spacial score (nSPS) is 30.8. The molecule has 0 saturated carbocycles. The van der Waals surface area contributed by atoms with E-state index in [0.717, 1.165) is 25.9 Å². The number of amides is 1. The van der Waals surface area contributed by atoms with Crippen LogP contribution in [0, 0.1) is 5.92 Å². The van der Waals surface area contributed by atoms with Gasteiger partial charge in [0.1, 0.15) is 11.2 Å². The zero-order valence-electron chi connectivity index (χ0n) is 14.1. The van der Waals surface area contributed by atoms with Crippen LogP contribution >= 0.6 is 0 Å². The first-order chi connectivity index (χ1) is 9.73. The largest absolute Gasteiger partial charge is 0.444 e. The van der Waals surface area contributed by atoms with Gasteiger partial charge in [-0.3, -0.25) is 0 Å². The molecule has 5 heteroatoms. The van der Waals surface area contributed by atoms with Gasteiger partial charge in [0.25, 0.3) is 0 Å². The number of likely N-dealkylation sites (tertiary alicyclic amines) is 1. The van der Waals surface area contributed by atoms with E-state index in [2.05, 4.69) is 19.2 Å². The smallest absolute Gasteiger partial charge is 0.410 e. The molecule has 2 aliphatic rings. The molecule has 2 heterocycles. The van der Waals surface area contributed by atoms with E-state index in [1.165, 1.54) is 0 Å². The van der Waals surface area contributed by atoms with Crippen molar-refractivity contribution >= 4 is 6.09 Å². The fourth-order valence-corrected chi connectivity index (χ4v) is 3.49. The summed E-state index contributed by atoms with van der Waals surface area (Å²) in [6.45, 7) is 13.1. The molecular formula is C16H30N2O3. The number of rotatable bonds is 1. The maximum Gasteiger partial charge on any atom is 0.410 e. The topological polar surface area (TPSA) is 50.8 Å². The fraction of sp³-hybridized carbons (Fsp3) is 0.938. The monoisotopic (exact) mass is 298 g/mol. The van der Waals surface area contributed by atoms with Gasteiger partial charge in [0, 0.05) is 19.1 Å². The van der Waals surface area contributed by atoms with Crippen molar-refractivity contribution < 1.29 is 14.3 Å². The minimum absolute atomic E-state index is 0.224. The van der Waals surface area contributed by atoms with Crippen molar-refractivity contribution in [2.24, 2.45) is 5.92 Å². The van der Waals surface area contributed by atoms with Gasteiger partial charge in [0.15, 0.2) is 0 Å². The standard InChI is InChI=1S/C16H30N2O3/c1-12(2)13-16(20-10-8-17-13)7-6-9-18(11-16)14(19)21-15(3,4)5/h12-13,17H,6-11H2,1-5H3. The zero-order chi connectivity index (χ0) is 15.7. The molecule has 5 nitrogen and oxygen atoms in total. The molecule has 0 aromatic heterocycles. The van der Waals surface area contributed by atoms with Crippen molar-refractivity contribution in [3.8, 4) is 0 Å². The highest BCUT2D eigenvalue weighted by Gasteiger charge is 2.47. The Labute approximate surface area is 128 Å². The SMILES string of the molecule is CC(C)C1NCCOC12CCCN(C(=O)OC(C)(C)C)C2. The van der Waals surface area contributed by atoms with E-state index < -0.39 is 5.60 Å². The van der Waals surface area contributed by atoms with Gasteiger partial charge in [-0.1, -0.05) is 13.8 Å². The molecule has 122 valence electrons. The summed E-state index contributed by atoms with van der Waals surface area (Å²) >= 11 is 0. The van der Waals surface area contributed by atoms with Gasteiger partial charge in [-0.15, -0.1) is 0 Å². The van der Waals surface area contributed by atoms with Gasteiger partial charge in [0.2, 0.25) is 0 Å². The van der Waals surface area contributed by atoms with Crippen LogP contribution in [0.2, 0.25) is 0 Å². The Hall–Kier alpha value is -0.810. The molecule has 0 radical (unpaired) electrons. The van der Waals surface area contributed by atoms with E-state index >= 15 is 0 Å². The van der Waals surface area contributed by atoms with Crippen LogP contribution in [-0.2, 0) is 9.47 Å². The number of ether oxygens (including phenoxy) is 2. The molecule has 2 rings (SSSR count). The number of piperidine rings is 1. The summed E-state index contributed by atoms with van der Waals surface area (Å²) in [4.78, 5) is 14.2. The molecule has 2 unspecified atom stereocenters. The Bertz CT molecular complexity index is 374. The fourth-order valence-electron chi connectivity index (χ4n) is 3.49. The third-order valence-electron chi connectivity index (χ3n) is 4.23. The van der Waals surface area contributed by atoms with Crippen LogP contribution < -0.4 is 5.32 Å². The van der Waals surface area contributed by atoms with Gasteiger partial charge < -0.3 is 19.7 Å². The Morgan fingerprint density at radius 1 is 1.43 bits per heavy atom. The van der Waals surface area contributed by atoms with E-state index in [9.17, 15) is 4.79 Å². The highest BCUT2D eigenvalue weighted by Crippen LogP contribution is 2.34. The first kappa shape index (κ1) is 16.6. The Morgan fingerprint density at radius 2 is 2.14 bits per heavy atom. The van der Waals surface area contributed by atoms with E-state index in [0.29, 0.717) is 19.1 Å². The van der Waals surface area contributed by atoms with Crippen molar-refractivity contribution in [3.63, 3.8) is 0 Å². The maximum atomic E-state index is 12.3. The van der Waals surface area contributed by atoms with Crippen LogP contribution in [0.3, 0.4) is 0 Å². The summed E-state index contributed by atoms with van der Waals surface area (Å²) in [6, 6.07) is 0.288. The van der Waals surface area contributed by atoms with Crippen molar-refractivity contribution in [3.05, 3.63) is 0 Å². The van der Waals surface area contributed by atoms with E-state index in [1.54, 1.807) is 0 Å². The minimum atomic E-state index is -0.454. The highest BCUT2D eigenvalue weighted by molar-refractivity contribution is 5.68. The molecule has 1 amide bonds. The number of hydrogen-bond donors (Lipinski definition) is 1. The lowest BCUT2D eigenvalue weighted by Crippen LogP contribution is -2.67. The Morgan fingerprint density at radius 3 is 2.76 bits per heavy atom. The number of hydrogen-bond acceptors (Lipinski definition) is 4. The van der Waals surface area contributed by atoms with Gasteiger partial charge in [-0.05, 0) is 39.5 Å². The van der Waals surface area contributed by atoms with Crippen molar-refractivity contribution in [2.45, 2.75) is 64.7 Å². The molecule has 2 atom stereocenters. The highest BCUT2D eigenvalue weighted by atomic mass is 16.6. The van der Waals surface area contributed by atoms with Gasteiger partial charge in [0.05, 0.1) is 13.2 Å². The average molecular weight is 298 g/mol. The summed E-state index contributed by atoms with van der Waals surface area (Å²) < 4.78 is 11.7. The number of nitrogens with zero attached hydrogens (tertiary/aromatic N) is 1. The van der Waals surface area contributed by atoms with Gasteiger partial charge in [-0.2, -0.15) is 0 Å². The molecule has 0 bridgehead atoms. The summed E-state index contributed by atoms with van der Waals surface area (Å²) in [5.74, 6) is 0.476. The van der Waals surface area contributed by atoms with Crippen molar-refractivity contribution in [2.75, 3.05) is 26.2 Å². The third kappa shape index (κ3) is 3.89. The molecule has 2 aliphatic heterocycles. The lowest BCUT2D eigenvalue weighted by molar-refractivity contribution is -0.139. The number of carbonyl (C=O) groups is 1. The van der Waals surface area contributed by atoms with Crippen LogP contribution in [0.15, 0.2) is 0 Å². The molecule has 2 saturated heterocycles. The predicted octanol–water partition coefficient (Wildman–Crippen LogP) is 2.40. The first-order valence-corrected chi connectivity index (χ1v) is 8.09. The first-order valence-electron chi connectivity index (χ1n) is 8.09. The molecular weight excluding hydrogens is 268 g/mol. The van der Waals surface area contributed by atoms with Crippen LogP contribution in [0.25, 0.3) is 0 Å². The number of morpholine rings is 1. The summed E-state index contributed by atoms with van der Waals surface area (Å²) in [6.07, 6.45) is 1.74. The Kier molecular flexibility index (Phi) is 4.83. The molecule has 0 aromatic carbocycles. The lowest BCUT2D eigenvalue weighted by atomic mass is 9.79.